The third-order valence-electron chi connectivity index (χ3n) is 3.74. The van der Waals surface area contributed by atoms with E-state index in [2.05, 4.69) is 15.0 Å². The highest BCUT2D eigenvalue weighted by Gasteiger charge is 2.27. The van der Waals surface area contributed by atoms with Gasteiger partial charge in [-0.3, -0.25) is 0 Å². The first-order chi connectivity index (χ1) is 10.0. The normalized spacial score (nSPS) is 18.2. The van der Waals surface area contributed by atoms with Gasteiger partial charge in [-0.25, -0.2) is 9.71 Å². The van der Waals surface area contributed by atoms with Crippen molar-refractivity contribution in [2.75, 3.05) is 33.2 Å². The lowest BCUT2D eigenvalue weighted by molar-refractivity contribution is 0.268. The number of rotatable bonds is 7. The summed E-state index contributed by atoms with van der Waals surface area (Å²) in [7, 11) is -1.41. The van der Waals surface area contributed by atoms with E-state index < -0.39 is 10.2 Å². The summed E-state index contributed by atoms with van der Waals surface area (Å²) in [5.74, 6) is 0.583. The standard InChI is InChI=1S/C13H24N4O2S2/c1-11-16-13(10-20-11)3-6-15-21(18,19)17-7-4-12(5-8-17)9-14-2/h10,12,14-15H,3-9H2,1-2H3. The van der Waals surface area contributed by atoms with Gasteiger partial charge >= 0.3 is 0 Å². The molecule has 0 radical (unpaired) electrons. The summed E-state index contributed by atoms with van der Waals surface area (Å²) in [6.45, 7) is 4.54. The molecule has 0 aliphatic carbocycles. The van der Waals surface area contributed by atoms with Gasteiger partial charge in [0.05, 0.1) is 10.7 Å². The highest BCUT2D eigenvalue weighted by Crippen LogP contribution is 2.18. The van der Waals surface area contributed by atoms with Gasteiger partial charge in [0.25, 0.3) is 10.2 Å². The van der Waals surface area contributed by atoms with Crippen molar-refractivity contribution in [3.63, 3.8) is 0 Å². The van der Waals surface area contributed by atoms with E-state index in [0.29, 0.717) is 32.0 Å². The lowest BCUT2D eigenvalue weighted by Crippen LogP contribution is -2.46. The van der Waals surface area contributed by atoms with Gasteiger partial charge in [0.2, 0.25) is 0 Å². The van der Waals surface area contributed by atoms with Gasteiger partial charge in [0, 0.05) is 31.4 Å². The maximum absolute atomic E-state index is 12.2. The largest absolute Gasteiger partial charge is 0.319 e. The Labute approximate surface area is 131 Å². The molecule has 120 valence electrons. The number of nitrogens with one attached hydrogen (secondary N) is 2. The van der Waals surface area contributed by atoms with Gasteiger partial charge < -0.3 is 5.32 Å². The van der Waals surface area contributed by atoms with Crippen molar-refractivity contribution in [1.29, 1.82) is 0 Å². The van der Waals surface area contributed by atoms with Crippen LogP contribution in [0.3, 0.4) is 0 Å². The number of aromatic nitrogens is 1. The Balaban J connectivity index is 1.77. The van der Waals surface area contributed by atoms with Crippen molar-refractivity contribution in [3.05, 3.63) is 16.1 Å². The zero-order valence-corrected chi connectivity index (χ0v) is 14.3. The smallest absolute Gasteiger partial charge is 0.279 e. The van der Waals surface area contributed by atoms with E-state index in [4.69, 9.17) is 0 Å². The van der Waals surface area contributed by atoms with Gasteiger partial charge in [-0.15, -0.1) is 11.3 Å². The van der Waals surface area contributed by atoms with Gasteiger partial charge in [-0.05, 0) is 39.3 Å². The molecule has 1 aromatic rings. The lowest BCUT2D eigenvalue weighted by atomic mass is 9.98. The van der Waals surface area contributed by atoms with E-state index >= 15 is 0 Å². The van der Waals surface area contributed by atoms with E-state index in [-0.39, 0.29) is 0 Å². The maximum Gasteiger partial charge on any atom is 0.279 e. The van der Waals surface area contributed by atoms with Crippen LogP contribution >= 0.6 is 11.3 Å². The molecule has 0 unspecified atom stereocenters. The molecule has 8 heteroatoms. The average Bonchev–Trinajstić information content (AvgIpc) is 2.85. The lowest BCUT2D eigenvalue weighted by Gasteiger charge is -2.31. The molecule has 2 rings (SSSR count). The van der Waals surface area contributed by atoms with E-state index in [9.17, 15) is 8.42 Å². The molecule has 6 nitrogen and oxygen atoms in total. The number of hydrogen-bond donors (Lipinski definition) is 2. The predicted molar refractivity (Wildman–Crippen MR) is 85.7 cm³/mol. The third-order valence-corrected chi connectivity index (χ3v) is 6.17. The summed E-state index contributed by atoms with van der Waals surface area (Å²) in [5.41, 5.74) is 0.952. The van der Waals surface area contributed by atoms with E-state index in [1.54, 1.807) is 15.6 Å². The number of piperidine rings is 1. The van der Waals surface area contributed by atoms with Gasteiger partial charge in [-0.1, -0.05) is 0 Å². The fraction of sp³-hybridized carbons (Fsp3) is 0.769. The molecule has 2 heterocycles. The second-order valence-electron chi connectivity index (χ2n) is 5.41. The number of hydrogen-bond acceptors (Lipinski definition) is 5. The molecule has 21 heavy (non-hydrogen) atoms. The van der Waals surface area contributed by atoms with E-state index in [1.165, 1.54) is 0 Å². The van der Waals surface area contributed by atoms with Crippen LogP contribution in [-0.4, -0.2) is 50.9 Å². The topological polar surface area (TPSA) is 74.3 Å². The average molecular weight is 332 g/mol. The van der Waals surface area contributed by atoms with Crippen LogP contribution in [0.25, 0.3) is 0 Å². The highest BCUT2D eigenvalue weighted by molar-refractivity contribution is 7.87. The first-order valence-corrected chi connectivity index (χ1v) is 9.63. The van der Waals surface area contributed by atoms with Crippen LogP contribution in [0, 0.1) is 12.8 Å². The molecule has 1 saturated heterocycles. The van der Waals surface area contributed by atoms with Crippen LogP contribution in [0.15, 0.2) is 5.38 Å². The number of thiazole rings is 1. The first kappa shape index (κ1) is 16.8. The zero-order chi connectivity index (χ0) is 15.3. The second-order valence-corrected chi connectivity index (χ2v) is 8.22. The Bertz CT molecular complexity index is 536. The first-order valence-electron chi connectivity index (χ1n) is 7.31. The molecule has 1 aliphatic heterocycles. The van der Waals surface area contributed by atoms with Crippen molar-refractivity contribution in [3.8, 4) is 0 Å². The molecular formula is C13H24N4O2S2. The summed E-state index contributed by atoms with van der Waals surface area (Å²) in [6, 6.07) is 0. The third kappa shape index (κ3) is 5.00. The summed E-state index contributed by atoms with van der Waals surface area (Å²) < 4.78 is 28.7. The van der Waals surface area contributed by atoms with Crippen molar-refractivity contribution in [2.45, 2.75) is 26.2 Å². The number of nitrogens with zero attached hydrogens (tertiary/aromatic N) is 2. The Hall–Kier alpha value is -0.540. The van der Waals surface area contributed by atoms with Gasteiger partial charge in [0.1, 0.15) is 0 Å². The van der Waals surface area contributed by atoms with Crippen molar-refractivity contribution >= 4 is 21.5 Å². The van der Waals surface area contributed by atoms with Gasteiger partial charge in [0.15, 0.2) is 0 Å². The summed E-state index contributed by atoms with van der Waals surface area (Å²) >= 11 is 1.59. The Morgan fingerprint density at radius 3 is 2.71 bits per heavy atom. The molecule has 1 aliphatic rings. The van der Waals surface area contributed by atoms with Crippen LogP contribution in [0.4, 0.5) is 0 Å². The van der Waals surface area contributed by atoms with Crippen molar-refractivity contribution < 1.29 is 8.42 Å². The maximum atomic E-state index is 12.2. The highest BCUT2D eigenvalue weighted by atomic mass is 32.2. The molecule has 0 spiro atoms. The minimum atomic E-state index is -3.35. The molecule has 1 aromatic heterocycles. The Kier molecular flexibility index (Phi) is 6.12. The Morgan fingerprint density at radius 1 is 1.43 bits per heavy atom. The SMILES string of the molecule is CNCC1CCN(S(=O)(=O)NCCc2csc(C)n2)CC1. The molecule has 2 N–H and O–H groups in total. The van der Waals surface area contributed by atoms with Crippen LogP contribution in [0.2, 0.25) is 0 Å². The monoisotopic (exact) mass is 332 g/mol. The van der Waals surface area contributed by atoms with Crippen LogP contribution in [0.5, 0.6) is 0 Å². The van der Waals surface area contributed by atoms with Crippen LogP contribution in [0.1, 0.15) is 23.5 Å². The molecule has 0 amide bonds. The second kappa shape index (κ2) is 7.64. The molecule has 0 aromatic carbocycles. The quantitative estimate of drug-likeness (QED) is 0.773. The van der Waals surface area contributed by atoms with Crippen LogP contribution in [-0.2, 0) is 16.6 Å². The zero-order valence-electron chi connectivity index (χ0n) is 12.6. The van der Waals surface area contributed by atoms with E-state index in [0.717, 1.165) is 30.1 Å². The molecular weight excluding hydrogens is 308 g/mol. The van der Waals surface area contributed by atoms with Crippen molar-refractivity contribution in [2.24, 2.45) is 5.92 Å². The molecule has 0 bridgehead atoms. The fourth-order valence-electron chi connectivity index (χ4n) is 2.56. The minimum Gasteiger partial charge on any atom is -0.319 e. The summed E-state index contributed by atoms with van der Waals surface area (Å²) in [5, 5.41) is 6.15. The molecule has 0 atom stereocenters. The summed E-state index contributed by atoms with van der Waals surface area (Å²) in [6.07, 6.45) is 2.49. The minimum absolute atomic E-state index is 0.405. The van der Waals surface area contributed by atoms with Gasteiger partial charge in [-0.2, -0.15) is 12.7 Å². The summed E-state index contributed by atoms with van der Waals surface area (Å²) in [4.78, 5) is 4.34. The number of aryl methyl sites for hydroxylation is 1. The van der Waals surface area contributed by atoms with Crippen LogP contribution < -0.4 is 10.0 Å². The fourth-order valence-corrected chi connectivity index (χ4v) is 4.45. The molecule has 1 fully saturated rings. The Morgan fingerprint density at radius 2 is 2.14 bits per heavy atom. The predicted octanol–water partition coefficient (Wildman–Crippen LogP) is 0.760. The van der Waals surface area contributed by atoms with E-state index in [1.807, 2.05) is 19.4 Å². The molecule has 0 saturated carbocycles. The van der Waals surface area contributed by atoms with Crippen molar-refractivity contribution in [1.82, 2.24) is 19.3 Å².